The maximum Gasteiger partial charge on any atom is 0.316 e. The highest BCUT2D eigenvalue weighted by molar-refractivity contribution is 8.02. The Morgan fingerprint density at radius 3 is 2.62 bits per heavy atom. The van der Waals surface area contributed by atoms with Crippen molar-refractivity contribution in [3.63, 3.8) is 0 Å². The Bertz CT molecular complexity index is 717. The molecular formula is C17H23NO6S2. The summed E-state index contributed by atoms with van der Waals surface area (Å²) in [5.41, 5.74) is 1.06. The number of carbonyl (C=O) groups excluding carboxylic acids is 2. The second-order valence-corrected chi connectivity index (χ2v) is 9.46. The zero-order valence-electron chi connectivity index (χ0n) is 14.6. The molecule has 7 nitrogen and oxygen atoms in total. The fourth-order valence-electron chi connectivity index (χ4n) is 2.46. The van der Waals surface area contributed by atoms with Gasteiger partial charge in [0, 0.05) is 11.8 Å². The third-order valence-electron chi connectivity index (χ3n) is 3.89. The van der Waals surface area contributed by atoms with E-state index in [1.807, 2.05) is 24.3 Å². The summed E-state index contributed by atoms with van der Waals surface area (Å²) in [5.74, 6) is 0.245. The first kappa shape index (κ1) is 20.6. The molecule has 1 aromatic carbocycles. The summed E-state index contributed by atoms with van der Waals surface area (Å²) in [7, 11) is -1.35. The van der Waals surface area contributed by atoms with Crippen LogP contribution in [0.25, 0.3) is 0 Å². The first-order chi connectivity index (χ1) is 12.4. The summed E-state index contributed by atoms with van der Waals surface area (Å²) in [6, 6.07) is 7.55. The Balaban J connectivity index is 1.57. The fraction of sp³-hybridized carbons (Fsp3) is 0.529. The Labute approximate surface area is 157 Å². The van der Waals surface area contributed by atoms with Crippen molar-refractivity contribution in [2.75, 3.05) is 37.5 Å². The highest BCUT2D eigenvalue weighted by atomic mass is 32.2. The molecule has 0 bridgehead atoms. The fourth-order valence-corrected chi connectivity index (χ4v) is 5.89. The van der Waals surface area contributed by atoms with Gasteiger partial charge in [0.15, 0.2) is 16.4 Å². The average Bonchev–Trinajstić information content (AvgIpc) is 2.97. The molecule has 9 heteroatoms. The second kappa shape index (κ2) is 9.82. The lowest BCUT2D eigenvalue weighted by Crippen LogP contribution is -2.30. The van der Waals surface area contributed by atoms with Gasteiger partial charge in [0.1, 0.15) is 5.75 Å². The summed E-state index contributed by atoms with van der Waals surface area (Å²) in [6.07, 6.45) is 1.22. The Morgan fingerprint density at radius 1 is 1.27 bits per heavy atom. The predicted molar refractivity (Wildman–Crippen MR) is 100 cm³/mol. The number of esters is 1. The van der Waals surface area contributed by atoms with E-state index < -0.39 is 15.8 Å². The maximum atomic E-state index is 11.7. The van der Waals surface area contributed by atoms with Crippen LogP contribution in [0, 0.1) is 0 Å². The van der Waals surface area contributed by atoms with E-state index in [2.05, 4.69) is 5.32 Å². The van der Waals surface area contributed by atoms with Crippen LogP contribution in [0.5, 0.6) is 5.75 Å². The van der Waals surface area contributed by atoms with Crippen molar-refractivity contribution in [1.29, 1.82) is 0 Å². The number of sulfone groups is 1. The largest absolute Gasteiger partial charge is 0.497 e. The quantitative estimate of drug-likeness (QED) is 0.612. The summed E-state index contributed by atoms with van der Waals surface area (Å²) in [6.45, 7) is 0.113. The molecule has 0 unspecified atom stereocenters. The van der Waals surface area contributed by atoms with E-state index in [1.54, 1.807) is 7.11 Å². The molecule has 1 saturated heterocycles. The molecule has 1 amide bonds. The lowest BCUT2D eigenvalue weighted by Gasteiger charge is -2.09. The summed E-state index contributed by atoms with van der Waals surface area (Å²) in [4.78, 5) is 23.3. The molecule has 0 aromatic heterocycles. The van der Waals surface area contributed by atoms with Crippen molar-refractivity contribution in [2.24, 2.45) is 0 Å². The van der Waals surface area contributed by atoms with E-state index in [0.717, 1.165) is 11.3 Å². The minimum atomic E-state index is -2.95. The number of ether oxygens (including phenoxy) is 2. The van der Waals surface area contributed by atoms with Crippen molar-refractivity contribution in [1.82, 2.24) is 5.32 Å². The highest BCUT2D eigenvalue weighted by Crippen LogP contribution is 2.24. The van der Waals surface area contributed by atoms with Crippen LogP contribution in [0.1, 0.15) is 12.0 Å². The van der Waals surface area contributed by atoms with Crippen LogP contribution < -0.4 is 10.1 Å². The average molecular weight is 402 g/mol. The Kier molecular flexibility index (Phi) is 7.77. The first-order valence-corrected chi connectivity index (χ1v) is 11.1. The van der Waals surface area contributed by atoms with Crippen molar-refractivity contribution >= 4 is 33.5 Å². The highest BCUT2D eigenvalue weighted by Gasteiger charge is 2.28. The molecule has 144 valence electrons. The number of hydrogen-bond donors (Lipinski definition) is 1. The second-order valence-electron chi connectivity index (χ2n) is 5.94. The van der Waals surface area contributed by atoms with Gasteiger partial charge < -0.3 is 14.8 Å². The van der Waals surface area contributed by atoms with Crippen LogP contribution in [0.3, 0.4) is 0 Å². The van der Waals surface area contributed by atoms with Crippen molar-refractivity contribution in [3.8, 4) is 5.75 Å². The molecule has 0 saturated carbocycles. The van der Waals surface area contributed by atoms with E-state index in [0.29, 0.717) is 19.4 Å². The smallest absolute Gasteiger partial charge is 0.316 e. The first-order valence-electron chi connectivity index (χ1n) is 8.25. The number of nitrogens with one attached hydrogen (secondary N) is 1. The van der Waals surface area contributed by atoms with Crippen molar-refractivity contribution in [3.05, 3.63) is 29.8 Å². The van der Waals surface area contributed by atoms with E-state index in [1.165, 1.54) is 11.8 Å². The van der Waals surface area contributed by atoms with E-state index in [4.69, 9.17) is 9.47 Å². The van der Waals surface area contributed by atoms with Gasteiger partial charge in [0.25, 0.3) is 5.91 Å². The molecule has 1 aliphatic heterocycles. The van der Waals surface area contributed by atoms with Gasteiger partial charge in [-0.05, 0) is 30.5 Å². The van der Waals surface area contributed by atoms with Gasteiger partial charge in [-0.15, -0.1) is 11.8 Å². The molecule has 1 atom stereocenters. The lowest BCUT2D eigenvalue weighted by molar-refractivity contribution is -0.145. The van der Waals surface area contributed by atoms with Crippen LogP contribution >= 0.6 is 11.8 Å². The van der Waals surface area contributed by atoms with Crippen LogP contribution in [0.4, 0.5) is 0 Å². The van der Waals surface area contributed by atoms with Gasteiger partial charge in [0.2, 0.25) is 0 Å². The molecule has 1 aliphatic rings. The summed E-state index contributed by atoms with van der Waals surface area (Å²) < 4.78 is 32.7. The molecule has 1 fully saturated rings. The zero-order chi connectivity index (χ0) is 19.0. The maximum absolute atomic E-state index is 11.7. The molecule has 1 heterocycles. The molecule has 0 radical (unpaired) electrons. The van der Waals surface area contributed by atoms with Gasteiger partial charge in [-0.25, -0.2) is 8.42 Å². The lowest BCUT2D eigenvalue weighted by atomic mass is 10.1. The van der Waals surface area contributed by atoms with Gasteiger partial charge in [0.05, 0.1) is 24.4 Å². The van der Waals surface area contributed by atoms with E-state index in [-0.39, 0.29) is 35.0 Å². The molecular weight excluding hydrogens is 378 g/mol. The van der Waals surface area contributed by atoms with Gasteiger partial charge in [-0.2, -0.15) is 0 Å². The monoisotopic (exact) mass is 401 g/mol. The minimum Gasteiger partial charge on any atom is -0.497 e. The third-order valence-corrected chi connectivity index (χ3v) is 7.14. The van der Waals surface area contributed by atoms with Gasteiger partial charge in [-0.1, -0.05) is 12.1 Å². The van der Waals surface area contributed by atoms with Crippen LogP contribution in [-0.2, 0) is 30.6 Å². The molecule has 1 N–H and O–H groups in total. The third kappa shape index (κ3) is 7.25. The normalized spacial score (nSPS) is 18.3. The Hall–Kier alpha value is -1.74. The van der Waals surface area contributed by atoms with Crippen LogP contribution in [0.2, 0.25) is 0 Å². The number of carbonyl (C=O) groups is 2. The Morgan fingerprint density at radius 2 is 2.00 bits per heavy atom. The predicted octanol–water partition coefficient (Wildman–Crippen LogP) is 0.817. The molecule has 26 heavy (non-hydrogen) atoms. The number of hydrogen-bond acceptors (Lipinski definition) is 7. The van der Waals surface area contributed by atoms with Gasteiger partial charge >= 0.3 is 5.97 Å². The van der Waals surface area contributed by atoms with E-state index >= 15 is 0 Å². The standard InChI is InChI=1S/C17H23NO6S2/c1-23-14-4-2-13(3-5-14)6-8-18-16(19)10-24-17(20)11-25-15-7-9-26(21,22)12-15/h2-5,15H,6-12H2,1H3,(H,18,19)/t15-/m1/s1. The summed E-state index contributed by atoms with van der Waals surface area (Å²) >= 11 is 1.27. The molecule has 2 rings (SSSR count). The number of benzene rings is 1. The van der Waals surface area contributed by atoms with Gasteiger partial charge in [-0.3, -0.25) is 9.59 Å². The topological polar surface area (TPSA) is 98.8 Å². The molecule has 0 spiro atoms. The van der Waals surface area contributed by atoms with Crippen molar-refractivity contribution in [2.45, 2.75) is 18.1 Å². The summed E-state index contributed by atoms with van der Waals surface area (Å²) in [5, 5.41) is 2.63. The van der Waals surface area contributed by atoms with Crippen LogP contribution in [-0.4, -0.2) is 63.1 Å². The SMILES string of the molecule is COc1ccc(CCNC(=O)COC(=O)CS[C@@H]2CCS(=O)(=O)C2)cc1. The number of rotatable bonds is 9. The molecule has 0 aliphatic carbocycles. The number of methoxy groups -OCH3 is 1. The molecule has 1 aromatic rings. The minimum absolute atomic E-state index is 0.0549. The zero-order valence-corrected chi connectivity index (χ0v) is 16.2. The number of thioether (sulfide) groups is 1. The van der Waals surface area contributed by atoms with Crippen molar-refractivity contribution < 1.29 is 27.5 Å². The number of amides is 1. The van der Waals surface area contributed by atoms with E-state index in [9.17, 15) is 18.0 Å². The van der Waals surface area contributed by atoms with Crippen LogP contribution in [0.15, 0.2) is 24.3 Å².